The fraction of sp³-hybridized carbons (Fsp3) is 0.625. The van der Waals surface area contributed by atoms with Crippen LogP contribution in [0.3, 0.4) is 0 Å². The van der Waals surface area contributed by atoms with Gasteiger partial charge in [-0.2, -0.15) is 16.7 Å². The lowest BCUT2D eigenvalue weighted by molar-refractivity contribution is -0.126. The van der Waals surface area contributed by atoms with Gasteiger partial charge in [0.15, 0.2) is 0 Å². The minimum atomic E-state index is 0.115. The van der Waals surface area contributed by atoms with Gasteiger partial charge in [0.05, 0.1) is 6.54 Å². The Kier molecular flexibility index (Phi) is 8.88. The maximum absolute atomic E-state index is 12.5. The molecule has 1 N–H and O–H groups in total. The first-order valence-corrected chi connectivity index (χ1v) is 13.3. The van der Waals surface area contributed by atoms with Crippen LogP contribution in [0.1, 0.15) is 57.3 Å². The fourth-order valence-corrected chi connectivity index (χ4v) is 5.93. The van der Waals surface area contributed by atoms with Gasteiger partial charge in [0.1, 0.15) is 0 Å². The number of benzene rings is 1. The molecule has 0 atom stereocenters. The number of aromatic nitrogens is 2. The van der Waals surface area contributed by atoms with E-state index in [1.54, 1.807) is 0 Å². The number of hydrogen-bond acceptors (Lipinski definition) is 6. The van der Waals surface area contributed by atoms with E-state index >= 15 is 0 Å². The molecule has 2 aromatic rings. The van der Waals surface area contributed by atoms with Crippen LogP contribution in [0.2, 0.25) is 5.02 Å². The molecular formula is C24H33ClN4O2S. The number of rotatable bonds is 9. The van der Waals surface area contributed by atoms with E-state index in [-0.39, 0.29) is 11.8 Å². The summed E-state index contributed by atoms with van der Waals surface area (Å²) in [6, 6.07) is 7.41. The van der Waals surface area contributed by atoms with Gasteiger partial charge in [-0.25, -0.2) is 0 Å². The van der Waals surface area contributed by atoms with E-state index in [0.717, 1.165) is 55.5 Å². The number of nitrogens with one attached hydrogen (secondary N) is 1. The third-order valence-corrected chi connectivity index (χ3v) is 8.13. The Morgan fingerprint density at radius 3 is 2.62 bits per heavy atom. The van der Waals surface area contributed by atoms with Gasteiger partial charge >= 0.3 is 0 Å². The number of piperidine rings is 1. The highest BCUT2D eigenvalue weighted by molar-refractivity contribution is 7.99. The second kappa shape index (κ2) is 12.1. The van der Waals surface area contributed by atoms with Crippen molar-refractivity contribution >= 4 is 29.3 Å². The predicted octanol–water partition coefficient (Wildman–Crippen LogP) is 5.17. The summed E-state index contributed by atoms with van der Waals surface area (Å²) in [7, 11) is 0. The van der Waals surface area contributed by atoms with Gasteiger partial charge in [0.25, 0.3) is 0 Å². The lowest BCUT2D eigenvalue weighted by Gasteiger charge is -2.30. The second-order valence-electron chi connectivity index (χ2n) is 8.84. The first-order valence-electron chi connectivity index (χ1n) is 11.9. The van der Waals surface area contributed by atoms with Crippen LogP contribution in [0.15, 0.2) is 28.8 Å². The van der Waals surface area contributed by atoms with Gasteiger partial charge in [-0.1, -0.05) is 36.0 Å². The normalized spacial score (nSPS) is 18.7. The Morgan fingerprint density at radius 2 is 1.88 bits per heavy atom. The Labute approximate surface area is 199 Å². The van der Waals surface area contributed by atoms with E-state index in [1.165, 1.54) is 32.1 Å². The largest absolute Gasteiger partial charge is 0.356 e. The zero-order valence-corrected chi connectivity index (χ0v) is 20.2. The summed E-state index contributed by atoms with van der Waals surface area (Å²) >= 11 is 8.04. The quantitative estimate of drug-likeness (QED) is 0.503. The van der Waals surface area contributed by atoms with Crippen molar-refractivity contribution in [3.05, 3.63) is 35.2 Å². The van der Waals surface area contributed by atoms with Crippen molar-refractivity contribution in [3.63, 3.8) is 0 Å². The summed E-state index contributed by atoms with van der Waals surface area (Å²) in [6.45, 7) is 3.16. The number of amides is 1. The van der Waals surface area contributed by atoms with Gasteiger partial charge < -0.3 is 9.84 Å². The van der Waals surface area contributed by atoms with Crippen LogP contribution in [0.4, 0.5) is 0 Å². The maximum atomic E-state index is 12.5. The van der Waals surface area contributed by atoms with E-state index in [0.29, 0.717) is 23.3 Å². The smallest absolute Gasteiger partial charge is 0.241 e. The standard InChI is InChI=1S/C24H33ClN4O2S/c25-20-9-7-18(8-10-20)23-27-22(31-28-23)17-29-14-11-19(12-15-29)24(30)26-13-4-16-32-21-5-2-1-3-6-21/h7-10,19,21H,1-6,11-17H2,(H,26,30). The zero-order chi connectivity index (χ0) is 22.2. The van der Waals surface area contributed by atoms with E-state index in [2.05, 4.69) is 32.1 Å². The van der Waals surface area contributed by atoms with Gasteiger partial charge in [0.2, 0.25) is 17.6 Å². The monoisotopic (exact) mass is 476 g/mol. The van der Waals surface area contributed by atoms with Crippen molar-refractivity contribution in [2.24, 2.45) is 5.92 Å². The third kappa shape index (κ3) is 6.96. The van der Waals surface area contributed by atoms with Gasteiger partial charge in [-0.15, -0.1) is 0 Å². The fourth-order valence-electron chi connectivity index (χ4n) is 4.49. The molecule has 1 aromatic heterocycles. The first kappa shape index (κ1) is 23.6. The summed E-state index contributed by atoms with van der Waals surface area (Å²) in [6.07, 6.45) is 9.77. The molecule has 2 heterocycles. The molecule has 1 saturated carbocycles. The van der Waals surface area contributed by atoms with Crippen LogP contribution in [0, 0.1) is 5.92 Å². The molecule has 0 radical (unpaired) electrons. The molecule has 2 aliphatic rings. The topological polar surface area (TPSA) is 71.3 Å². The number of hydrogen-bond donors (Lipinski definition) is 1. The number of likely N-dealkylation sites (tertiary alicyclic amines) is 1. The van der Waals surface area contributed by atoms with Crippen molar-refractivity contribution < 1.29 is 9.32 Å². The van der Waals surface area contributed by atoms with Crippen molar-refractivity contribution in [3.8, 4) is 11.4 Å². The minimum Gasteiger partial charge on any atom is -0.356 e. The number of carbonyl (C=O) groups is 1. The Morgan fingerprint density at radius 1 is 1.12 bits per heavy atom. The van der Waals surface area contributed by atoms with Crippen LogP contribution in [0.5, 0.6) is 0 Å². The molecule has 1 saturated heterocycles. The van der Waals surface area contributed by atoms with E-state index in [1.807, 2.05) is 24.3 Å². The molecule has 4 rings (SSSR count). The van der Waals surface area contributed by atoms with Crippen LogP contribution < -0.4 is 5.32 Å². The van der Waals surface area contributed by atoms with E-state index in [4.69, 9.17) is 16.1 Å². The number of halogens is 1. The summed E-state index contributed by atoms with van der Waals surface area (Å²) in [5.74, 6) is 2.67. The molecule has 0 spiro atoms. The molecule has 6 nitrogen and oxygen atoms in total. The summed E-state index contributed by atoms with van der Waals surface area (Å²) in [5.41, 5.74) is 0.886. The molecule has 2 fully saturated rings. The van der Waals surface area contributed by atoms with Crippen LogP contribution in [-0.4, -0.2) is 51.6 Å². The third-order valence-electron chi connectivity index (χ3n) is 6.41. The molecule has 1 aliphatic heterocycles. The second-order valence-corrected chi connectivity index (χ2v) is 10.7. The van der Waals surface area contributed by atoms with Crippen LogP contribution >= 0.6 is 23.4 Å². The highest BCUT2D eigenvalue weighted by Crippen LogP contribution is 2.28. The van der Waals surface area contributed by atoms with Crippen molar-refractivity contribution in [2.75, 3.05) is 25.4 Å². The minimum absolute atomic E-state index is 0.115. The van der Waals surface area contributed by atoms with E-state index < -0.39 is 0 Å². The van der Waals surface area contributed by atoms with Crippen molar-refractivity contribution in [1.82, 2.24) is 20.4 Å². The summed E-state index contributed by atoms with van der Waals surface area (Å²) in [5, 5.41) is 8.78. The SMILES string of the molecule is O=C(NCCCSC1CCCCC1)C1CCN(Cc2nc(-c3ccc(Cl)cc3)no2)CC1. The average Bonchev–Trinajstić information content (AvgIpc) is 3.29. The van der Waals surface area contributed by atoms with Gasteiger partial charge in [0, 0.05) is 28.3 Å². The lowest BCUT2D eigenvalue weighted by atomic mass is 9.96. The van der Waals surface area contributed by atoms with Crippen molar-refractivity contribution in [1.29, 1.82) is 0 Å². The van der Waals surface area contributed by atoms with Crippen LogP contribution in [-0.2, 0) is 11.3 Å². The summed E-state index contributed by atoms with van der Waals surface area (Å²) < 4.78 is 5.43. The molecular weight excluding hydrogens is 444 g/mol. The molecule has 1 amide bonds. The highest BCUT2D eigenvalue weighted by Gasteiger charge is 2.26. The Bertz CT molecular complexity index is 846. The molecule has 1 aliphatic carbocycles. The zero-order valence-electron chi connectivity index (χ0n) is 18.6. The van der Waals surface area contributed by atoms with Crippen molar-refractivity contribution in [2.45, 2.75) is 63.2 Å². The van der Waals surface area contributed by atoms with E-state index in [9.17, 15) is 4.79 Å². The highest BCUT2D eigenvalue weighted by atomic mass is 35.5. The average molecular weight is 477 g/mol. The molecule has 174 valence electrons. The first-order chi connectivity index (χ1) is 15.7. The molecule has 8 heteroatoms. The molecule has 1 aromatic carbocycles. The van der Waals surface area contributed by atoms with Gasteiger partial charge in [-0.3, -0.25) is 9.69 Å². The number of carbonyl (C=O) groups excluding carboxylic acids is 1. The maximum Gasteiger partial charge on any atom is 0.241 e. The Balaban J connectivity index is 1.12. The Hall–Kier alpha value is -1.57. The number of nitrogens with zero attached hydrogens (tertiary/aromatic N) is 3. The predicted molar refractivity (Wildman–Crippen MR) is 130 cm³/mol. The molecule has 0 bridgehead atoms. The van der Waals surface area contributed by atoms with Crippen LogP contribution in [0.25, 0.3) is 11.4 Å². The molecule has 0 unspecified atom stereocenters. The summed E-state index contributed by atoms with van der Waals surface area (Å²) in [4.78, 5) is 19.3. The lowest BCUT2D eigenvalue weighted by Crippen LogP contribution is -2.40. The van der Waals surface area contributed by atoms with Gasteiger partial charge in [-0.05, 0) is 75.2 Å². The number of thioether (sulfide) groups is 1. The molecule has 32 heavy (non-hydrogen) atoms.